The standard InChI is InChI=1S/C34H58S/c1-20(2)26-13-10-23(7)16-29(26)32-19-35-34(31-18-25(9)12-15-28(31)22(5)6)33(32)30-17-24(8)11-14-27(30)21(3)4/h19-31H,10-18H2,1-9H3. The van der Waals surface area contributed by atoms with Crippen LogP contribution in [0.2, 0.25) is 0 Å². The monoisotopic (exact) mass is 498 g/mol. The summed E-state index contributed by atoms with van der Waals surface area (Å²) in [5, 5.41) is 2.73. The Morgan fingerprint density at radius 3 is 1.46 bits per heavy atom. The van der Waals surface area contributed by atoms with Gasteiger partial charge < -0.3 is 0 Å². The van der Waals surface area contributed by atoms with Crippen molar-refractivity contribution >= 4 is 11.3 Å². The second-order valence-electron chi connectivity index (χ2n) is 14.8. The first kappa shape index (κ1) is 27.7. The Kier molecular flexibility index (Phi) is 9.20. The molecule has 0 saturated heterocycles. The molecule has 1 heterocycles. The summed E-state index contributed by atoms with van der Waals surface area (Å²) in [4.78, 5) is 1.87. The smallest absolute Gasteiger partial charge is 0.0117 e. The lowest BCUT2D eigenvalue weighted by atomic mass is 9.61. The predicted molar refractivity (Wildman–Crippen MR) is 157 cm³/mol. The molecular formula is C34H58S. The van der Waals surface area contributed by atoms with Crippen molar-refractivity contribution in [1.82, 2.24) is 0 Å². The molecule has 0 N–H and O–H groups in total. The summed E-state index contributed by atoms with van der Waals surface area (Å²) in [5.41, 5.74) is 3.77. The van der Waals surface area contributed by atoms with Gasteiger partial charge in [0.15, 0.2) is 0 Å². The van der Waals surface area contributed by atoms with Crippen molar-refractivity contribution in [2.24, 2.45) is 53.3 Å². The number of thiophene rings is 1. The Bertz CT molecular complexity index is 750. The summed E-state index contributed by atoms with van der Waals surface area (Å²) in [6.45, 7) is 22.7. The molecule has 0 nitrogen and oxygen atoms in total. The van der Waals surface area contributed by atoms with Gasteiger partial charge in [-0.05, 0) is 126 Å². The zero-order valence-electron chi connectivity index (χ0n) is 24.8. The Labute approximate surface area is 223 Å². The zero-order valence-corrected chi connectivity index (χ0v) is 25.6. The number of hydrogen-bond acceptors (Lipinski definition) is 1. The van der Waals surface area contributed by atoms with Crippen LogP contribution in [0.1, 0.15) is 154 Å². The van der Waals surface area contributed by atoms with Crippen molar-refractivity contribution < 1.29 is 0 Å². The maximum atomic E-state index is 2.73. The maximum absolute atomic E-state index is 2.73. The van der Waals surface area contributed by atoms with Gasteiger partial charge in [-0.2, -0.15) is 0 Å². The van der Waals surface area contributed by atoms with Crippen LogP contribution in [0, 0.1) is 53.3 Å². The second kappa shape index (κ2) is 11.6. The fraction of sp³-hybridized carbons (Fsp3) is 0.882. The minimum Gasteiger partial charge on any atom is -0.148 e. The first-order valence-corrected chi connectivity index (χ1v) is 16.6. The van der Waals surface area contributed by atoms with Crippen LogP contribution in [0.4, 0.5) is 0 Å². The Balaban J connectivity index is 1.85. The topological polar surface area (TPSA) is 0 Å². The minimum absolute atomic E-state index is 0.794. The van der Waals surface area contributed by atoms with Gasteiger partial charge in [-0.15, -0.1) is 11.3 Å². The third-order valence-corrected chi connectivity index (χ3v) is 12.2. The molecule has 35 heavy (non-hydrogen) atoms. The normalized spacial score (nSPS) is 39.0. The van der Waals surface area contributed by atoms with E-state index in [1.165, 1.54) is 57.8 Å². The second-order valence-corrected chi connectivity index (χ2v) is 15.7. The SMILES string of the molecule is CC1CCC(C(C)C)C(c2csc(C3CC(C)CCC3C(C)C)c2C2CC(C)CCC2C(C)C)C1. The first-order valence-electron chi connectivity index (χ1n) is 15.7. The van der Waals surface area contributed by atoms with Gasteiger partial charge in [0.1, 0.15) is 0 Å². The van der Waals surface area contributed by atoms with E-state index < -0.39 is 0 Å². The molecule has 1 aromatic rings. The van der Waals surface area contributed by atoms with Gasteiger partial charge in [0.25, 0.3) is 0 Å². The van der Waals surface area contributed by atoms with E-state index >= 15 is 0 Å². The van der Waals surface area contributed by atoms with E-state index in [0.717, 1.165) is 71.0 Å². The average Bonchev–Trinajstić information content (AvgIpc) is 3.23. The summed E-state index contributed by atoms with van der Waals surface area (Å²) >= 11 is 2.22. The van der Waals surface area contributed by atoms with Crippen LogP contribution in [0.5, 0.6) is 0 Å². The molecule has 3 aliphatic carbocycles. The van der Waals surface area contributed by atoms with Crippen molar-refractivity contribution in [2.45, 2.75) is 138 Å². The summed E-state index contributed by atoms with van der Waals surface area (Å²) < 4.78 is 0. The van der Waals surface area contributed by atoms with Crippen LogP contribution >= 0.6 is 11.3 Å². The summed E-state index contributed by atoms with van der Waals surface area (Å²) in [6.07, 6.45) is 12.9. The van der Waals surface area contributed by atoms with Crippen LogP contribution < -0.4 is 0 Å². The summed E-state index contributed by atoms with van der Waals surface area (Å²) in [6, 6.07) is 0. The van der Waals surface area contributed by atoms with E-state index in [9.17, 15) is 0 Å². The molecule has 1 heteroatoms. The molecule has 0 aromatic carbocycles. The molecule has 0 radical (unpaired) electrons. The largest absolute Gasteiger partial charge is 0.148 e. The highest BCUT2D eigenvalue weighted by molar-refractivity contribution is 7.10. The minimum atomic E-state index is 0.794. The predicted octanol–water partition coefficient (Wildman–Crippen LogP) is 11.3. The van der Waals surface area contributed by atoms with Crippen LogP contribution in [0.15, 0.2) is 5.38 Å². The van der Waals surface area contributed by atoms with Crippen molar-refractivity contribution in [2.75, 3.05) is 0 Å². The van der Waals surface area contributed by atoms with E-state index in [0.29, 0.717) is 0 Å². The van der Waals surface area contributed by atoms with E-state index in [-0.39, 0.29) is 0 Å². The number of hydrogen-bond donors (Lipinski definition) is 0. The van der Waals surface area contributed by atoms with Gasteiger partial charge in [-0.1, -0.05) is 81.6 Å². The molecule has 3 aliphatic rings. The zero-order chi connectivity index (χ0) is 25.4. The van der Waals surface area contributed by atoms with Crippen molar-refractivity contribution in [1.29, 1.82) is 0 Å². The Morgan fingerprint density at radius 1 is 0.571 bits per heavy atom. The molecule has 3 saturated carbocycles. The molecule has 200 valence electrons. The van der Waals surface area contributed by atoms with E-state index in [1.807, 2.05) is 16.0 Å². The van der Waals surface area contributed by atoms with Crippen molar-refractivity contribution in [3.05, 3.63) is 21.4 Å². The fourth-order valence-corrected chi connectivity index (χ4v) is 10.4. The van der Waals surface area contributed by atoms with Crippen molar-refractivity contribution in [3.63, 3.8) is 0 Å². The van der Waals surface area contributed by atoms with E-state index in [2.05, 4.69) is 79.0 Å². The van der Waals surface area contributed by atoms with Crippen molar-refractivity contribution in [3.8, 4) is 0 Å². The van der Waals surface area contributed by atoms with Gasteiger partial charge in [0.2, 0.25) is 0 Å². The molecular weight excluding hydrogens is 440 g/mol. The highest BCUT2D eigenvalue weighted by Gasteiger charge is 2.42. The highest BCUT2D eigenvalue weighted by Crippen LogP contribution is 2.56. The van der Waals surface area contributed by atoms with Crippen LogP contribution in [0.3, 0.4) is 0 Å². The molecule has 3 fully saturated rings. The quantitative estimate of drug-likeness (QED) is 0.366. The van der Waals surface area contributed by atoms with Crippen LogP contribution in [-0.2, 0) is 0 Å². The number of rotatable bonds is 6. The van der Waals surface area contributed by atoms with Gasteiger partial charge in [0.05, 0.1) is 0 Å². The fourth-order valence-electron chi connectivity index (χ4n) is 8.96. The molecule has 0 bridgehead atoms. The van der Waals surface area contributed by atoms with E-state index in [4.69, 9.17) is 0 Å². The lowest BCUT2D eigenvalue weighted by Crippen LogP contribution is -2.32. The Morgan fingerprint density at radius 2 is 0.971 bits per heavy atom. The summed E-state index contributed by atoms with van der Waals surface area (Å²) in [7, 11) is 0. The molecule has 0 aliphatic heterocycles. The third kappa shape index (κ3) is 5.91. The van der Waals surface area contributed by atoms with E-state index in [1.54, 1.807) is 0 Å². The lowest BCUT2D eigenvalue weighted by molar-refractivity contribution is 0.177. The average molecular weight is 499 g/mol. The highest BCUT2D eigenvalue weighted by atomic mass is 32.1. The lowest BCUT2D eigenvalue weighted by Gasteiger charge is -2.43. The first-order chi connectivity index (χ1) is 16.6. The molecule has 4 rings (SSSR count). The van der Waals surface area contributed by atoms with Gasteiger partial charge in [-0.25, -0.2) is 0 Å². The third-order valence-electron chi connectivity index (χ3n) is 11.1. The molecule has 1 aromatic heterocycles. The van der Waals surface area contributed by atoms with Gasteiger partial charge >= 0.3 is 0 Å². The Hall–Kier alpha value is -0.300. The molecule has 0 amide bonds. The van der Waals surface area contributed by atoms with Gasteiger partial charge in [-0.3, -0.25) is 0 Å². The summed E-state index contributed by atoms with van der Waals surface area (Å²) in [5.74, 6) is 10.1. The van der Waals surface area contributed by atoms with Crippen LogP contribution in [0.25, 0.3) is 0 Å². The molecule has 9 unspecified atom stereocenters. The van der Waals surface area contributed by atoms with Crippen LogP contribution in [-0.4, -0.2) is 0 Å². The molecule has 0 spiro atoms. The van der Waals surface area contributed by atoms with Gasteiger partial charge in [0, 0.05) is 4.88 Å². The molecule has 9 atom stereocenters. The maximum Gasteiger partial charge on any atom is 0.0117 e.